The lowest BCUT2D eigenvalue weighted by Gasteiger charge is -2.15. The lowest BCUT2D eigenvalue weighted by atomic mass is 10.0. The van der Waals surface area contributed by atoms with Gasteiger partial charge in [0.25, 0.3) is 0 Å². The van der Waals surface area contributed by atoms with Crippen LogP contribution in [0, 0.1) is 0 Å². The molecule has 0 aromatic heterocycles. The zero-order chi connectivity index (χ0) is 15.3. The Morgan fingerprint density at radius 1 is 1.40 bits per heavy atom. The summed E-state index contributed by atoms with van der Waals surface area (Å²) in [5.41, 5.74) is 0.205. The number of aliphatic hydroxyl groups is 1. The van der Waals surface area contributed by atoms with Crippen LogP contribution in [-0.2, 0) is 11.2 Å². The fourth-order valence-electron chi connectivity index (χ4n) is 1.59. The molecular formula is C12H12BrF3O4. The second-order valence-electron chi connectivity index (χ2n) is 3.95. The Morgan fingerprint density at radius 2 is 2.05 bits per heavy atom. The smallest absolute Gasteiger partial charge is 0.479 e. The third kappa shape index (κ3) is 5.01. The Labute approximate surface area is 121 Å². The molecule has 1 aromatic rings. The molecule has 0 saturated carbocycles. The summed E-state index contributed by atoms with van der Waals surface area (Å²) in [4.78, 5) is 10.7. The average molecular weight is 357 g/mol. The standard InChI is InChI=1S/C12H12BrF3O4/c13-5-1-2-7-6-8(10(17)11(18)19)3-4-9(7)20-12(14,15)16/h3-4,6,10,17H,1-2,5H2,(H,18,19). The third-order valence-electron chi connectivity index (χ3n) is 2.44. The average Bonchev–Trinajstić information content (AvgIpc) is 2.34. The SMILES string of the molecule is O=C(O)C(O)c1ccc(OC(F)(F)F)c(CCCBr)c1. The van der Waals surface area contributed by atoms with E-state index in [2.05, 4.69) is 20.7 Å². The van der Waals surface area contributed by atoms with Crippen LogP contribution in [0.4, 0.5) is 13.2 Å². The highest BCUT2D eigenvalue weighted by Gasteiger charge is 2.32. The Morgan fingerprint density at radius 3 is 2.55 bits per heavy atom. The topological polar surface area (TPSA) is 66.8 Å². The van der Waals surface area contributed by atoms with Crippen LogP contribution in [0.3, 0.4) is 0 Å². The Bertz CT molecular complexity index is 476. The van der Waals surface area contributed by atoms with Gasteiger partial charge >= 0.3 is 12.3 Å². The van der Waals surface area contributed by atoms with Gasteiger partial charge in [-0.25, -0.2) is 4.79 Å². The predicted molar refractivity (Wildman–Crippen MR) is 67.8 cm³/mol. The minimum atomic E-state index is -4.82. The number of hydrogen-bond acceptors (Lipinski definition) is 3. The van der Waals surface area contributed by atoms with Crippen molar-refractivity contribution in [1.82, 2.24) is 0 Å². The minimum Gasteiger partial charge on any atom is -0.479 e. The van der Waals surface area contributed by atoms with Gasteiger partial charge in [-0.15, -0.1) is 13.2 Å². The van der Waals surface area contributed by atoms with Gasteiger partial charge in [0.2, 0.25) is 0 Å². The first-order valence-electron chi connectivity index (χ1n) is 5.60. The van der Waals surface area contributed by atoms with Gasteiger partial charge in [-0.1, -0.05) is 22.0 Å². The van der Waals surface area contributed by atoms with E-state index in [-0.39, 0.29) is 23.3 Å². The number of aryl methyl sites for hydroxylation is 1. The molecule has 4 nitrogen and oxygen atoms in total. The van der Waals surface area contributed by atoms with E-state index in [1.165, 1.54) is 6.07 Å². The lowest BCUT2D eigenvalue weighted by Crippen LogP contribution is -2.18. The first-order chi connectivity index (χ1) is 9.24. The van der Waals surface area contributed by atoms with Crippen LogP contribution in [0.1, 0.15) is 23.7 Å². The number of aliphatic hydroxyl groups excluding tert-OH is 1. The van der Waals surface area contributed by atoms with Gasteiger partial charge in [-0.05, 0) is 36.1 Å². The molecule has 0 spiro atoms. The molecule has 0 radical (unpaired) electrons. The van der Waals surface area contributed by atoms with Crippen LogP contribution in [0.2, 0.25) is 0 Å². The van der Waals surface area contributed by atoms with Crippen molar-refractivity contribution in [1.29, 1.82) is 0 Å². The molecule has 0 amide bonds. The summed E-state index contributed by atoms with van der Waals surface area (Å²) in [7, 11) is 0. The monoisotopic (exact) mass is 356 g/mol. The van der Waals surface area contributed by atoms with Crippen molar-refractivity contribution in [3.8, 4) is 5.75 Å². The molecule has 8 heteroatoms. The molecule has 0 heterocycles. The number of carboxylic acids is 1. The molecule has 1 atom stereocenters. The molecule has 1 unspecified atom stereocenters. The molecule has 0 aliphatic carbocycles. The van der Waals surface area contributed by atoms with Crippen molar-refractivity contribution in [2.24, 2.45) is 0 Å². The molecule has 0 bridgehead atoms. The molecule has 112 valence electrons. The number of hydrogen-bond donors (Lipinski definition) is 2. The van der Waals surface area contributed by atoms with Crippen molar-refractivity contribution in [3.05, 3.63) is 29.3 Å². The predicted octanol–water partition coefficient (Wildman–Crippen LogP) is 3.03. The molecule has 0 saturated heterocycles. The first kappa shape index (κ1) is 16.8. The number of halogens is 4. The number of ether oxygens (including phenoxy) is 1. The van der Waals surface area contributed by atoms with Crippen molar-refractivity contribution < 1.29 is 32.9 Å². The van der Waals surface area contributed by atoms with E-state index in [0.29, 0.717) is 11.8 Å². The normalized spacial score (nSPS) is 13.1. The number of carbonyl (C=O) groups is 1. The summed E-state index contributed by atoms with van der Waals surface area (Å²) >= 11 is 3.16. The zero-order valence-corrected chi connectivity index (χ0v) is 11.7. The molecule has 1 aromatic carbocycles. The Kier molecular flexibility index (Phi) is 5.82. The molecule has 0 fully saturated rings. The van der Waals surface area contributed by atoms with E-state index < -0.39 is 18.4 Å². The Balaban J connectivity index is 3.09. The van der Waals surface area contributed by atoms with Gasteiger partial charge in [-0.3, -0.25) is 0 Å². The second kappa shape index (κ2) is 6.94. The summed E-state index contributed by atoms with van der Waals surface area (Å²) in [6.07, 6.45) is -5.80. The van der Waals surface area contributed by atoms with Crippen LogP contribution in [0.5, 0.6) is 5.75 Å². The minimum absolute atomic E-state index is 0.0107. The van der Waals surface area contributed by atoms with Gasteiger partial charge in [-0.2, -0.15) is 0 Å². The Hall–Kier alpha value is -1.28. The quantitative estimate of drug-likeness (QED) is 0.769. The van der Waals surface area contributed by atoms with E-state index in [0.717, 1.165) is 12.1 Å². The van der Waals surface area contributed by atoms with E-state index in [4.69, 9.17) is 5.11 Å². The highest BCUT2D eigenvalue weighted by molar-refractivity contribution is 9.09. The number of rotatable bonds is 6. The van der Waals surface area contributed by atoms with Crippen LogP contribution in [0.15, 0.2) is 18.2 Å². The largest absolute Gasteiger partial charge is 0.573 e. The highest BCUT2D eigenvalue weighted by Crippen LogP contribution is 2.30. The van der Waals surface area contributed by atoms with Crippen molar-refractivity contribution >= 4 is 21.9 Å². The maximum atomic E-state index is 12.3. The van der Waals surface area contributed by atoms with E-state index in [9.17, 15) is 23.1 Å². The van der Waals surface area contributed by atoms with Crippen molar-refractivity contribution in [2.45, 2.75) is 25.3 Å². The molecule has 20 heavy (non-hydrogen) atoms. The van der Waals surface area contributed by atoms with Crippen molar-refractivity contribution in [3.63, 3.8) is 0 Å². The molecule has 0 aliphatic heterocycles. The number of alkyl halides is 4. The maximum absolute atomic E-state index is 12.3. The van der Waals surface area contributed by atoms with Gasteiger partial charge in [0, 0.05) is 5.33 Å². The number of aliphatic carboxylic acids is 1. The summed E-state index contributed by atoms with van der Waals surface area (Å²) in [6, 6.07) is 3.32. The molecule has 1 rings (SSSR count). The fraction of sp³-hybridized carbons (Fsp3) is 0.417. The van der Waals surface area contributed by atoms with Crippen molar-refractivity contribution in [2.75, 3.05) is 5.33 Å². The van der Waals surface area contributed by atoms with Crippen LogP contribution in [0.25, 0.3) is 0 Å². The van der Waals surface area contributed by atoms with Crippen LogP contribution < -0.4 is 4.74 Å². The maximum Gasteiger partial charge on any atom is 0.573 e. The van der Waals surface area contributed by atoms with E-state index >= 15 is 0 Å². The van der Waals surface area contributed by atoms with Crippen LogP contribution >= 0.6 is 15.9 Å². The van der Waals surface area contributed by atoms with E-state index in [1.54, 1.807) is 0 Å². The summed E-state index contributed by atoms with van der Waals surface area (Å²) in [5.74, 6) is -1.86. The zero-order valence-electron chi connectivity index (χ0n) is 10.2. The summed E-state index contributed by atoms with van der Waals surface area (Å²) in [6.45, 7) is 0. The summed E-state index contributed by atoms with van der Waals surface area (Å²) < 4.78 is 40.6. The van der Waals surface area contributed by atoms with Gasteiger partial charge in [0.1, 0.15) is 5.75 Å². The molecular weight excluding hydrogens is 345 g/mol. The van der Waals surface area contributed by atoms with Gasteiger partial charge < -0.3 is 14.9 Å². The number of benzene rings is 1. The fourth-order valence-corrected chi connectivity index (χ4v) is 1.87. The number of carboxylic acid groups (broad SMARTS) is 1. The first-order valence-corrected chi connectivity index (χ1v) is 6.72. The second-order valence-corrected chi connectivity index (χ2v) is 4.74. The van der Waals surface area contributed by atoms with Crippen LogP contribution in [-0.4, -0.2) is 27.9 Å². The van der Waals surface area contributed by atoms with Gasteiger partial charge in [0.05, 0.1) is 0 Å². The highest BCUT2D eigenvalue weighted by atomic mass is 79.9. The summed E-state index contributed by atoms with van der Waals surface area (Å²) in [5, 5.41) is 18.7. The van der Waals surface area contributed by atoms with Gasteiger partial charge in [0.15, 0.2) is 6.10 Å². The molecule has 0 aliphatic rings. The van der Waals surface area contributed by atoms with E-state index in [1.807, 2.05) is 0 Å². The third-order valence-corrected chi connectivity index (χ3v) is 3.00. The lowest BCUT2D eigenvalue weighted by molar-refractivity contribution is -0.274. The molecule has 2 N–H and O–H groups in total.